The number of amides is 2. The zero-order valence-electron chi connectivity index (χ0n) is 31.4. The molecule has 0 aliphatic heterocycles. The average molecular weight is 698 g/mol. The molecule has 9 atom stereocenters. The largest absolute Gasteiger partial charge is 0.465 e. The molecule has 5 fully saturated rings. The summed E-state index contributed by atoms with van der Waals surface area (Å²) in [5.41, 5.74) is 2.63. The summed E-state index contributed by atoms with van der Waals surface area (Å²) in [5, 5.41) is 17.3. The summed E-state index contributed by atoms with van der Waals surface area (Å²) in [7, 11) is 1.32. The summed E-state index contributed by atoms with van der Waals surface area (Å²) >= 11 is 0. The quantitative estimate of drug-likeness (QED) is 0.250. The second kappa shape index (κ2) is 13.6. The van der Waals surface area contributed by atoms with Crippen LogP contribution in [-0.4, -0.2) is 47.6 Å². The van der Waals surface area contributed by atoms with Crippen LogP contribution in [-0.2, 0) is 22.5 Å². The SMILES string of the molecule is COC(=O)c1cccnc1CNC(=O)c1cccc(CCNC(=O)C23CCCC2C2CCC4C(C)(CCC5C(C)(C)C(O)CCC54C)C2CC3)c1. The van der Waals surface area contributed by atoms with Crippen molar-refractivity contribution in [2.45, 2.75) is 117 Å². The first-order valence-electron chi connectivity index (χ1n) is 19.7. The molecule has 51 heavy (non-hydrogen) atoms. The van der Waals surface area contributed by atoms with Crippen molar-refractivity contribution in [3.8, 4) is 0 Å². The van der Waals surface area contributed by atoms with Gasteiger partial charge < -0.3 is 20.5 Å². The Hall–Kier alpha value is -3.26. The van der Waals surface area contributed by atoms with Crippen LogP contribution in [0.3, 0.4) is 0 Å². The highest BCUT2D eigenvalue weighted by atomic mass is 16.5. The molecule has 0 bridgehead atoms. The third kappa shape index (κ3) is 6.01. The Bertz CT molecular complexity index is 1660. The topological polar surface area (TPSA) is 118 Å². The van der Waals surface area contributed by atoms with Crippen molar-refractivity contribution >= 4 is 17.8 Å². The lowest BCUT2D eigenvalue weighted by Crippen LogP contribution is -2.63. The fourth-order valence-corrected chi connectivity index (χ4v) is 13.1. The Kier molecular flexibility index (Phi) is 9.64. The molecular weight excluding hydrogens is 638 g/mol. The predicted octanol–water partition coefficient (Wildman–Crippen LogP) is 7.28. The minimum atomic E-state index is -0.489. The van der Waals surface area contributed by atoms with Gasteiger partial charge in [0.1, 0.15) is 0 Å². The predicted molar refractivity (Wildman–Crippen MR) is 197 cm³/mol. The minimum Gasteiger partial charge on any atom is -0.465 e. The molecule has 9 unspecified atom stereocenters. The maximum atomic E-state index is 14.2. The van der Waals surface area contributed by atoms with Gasteiger partial charge >= 0.3 is 5.97 Å². The van der Waals surface area contributed by atoms with Crippen LogP contribution in [0.5, 0.6) is 0 Å². The molecule has 276 valence electrons. The molecule has 0 spiro atoms. The van der Waals surface area contributed by atoms with Gasteiger partial charge in [0.2, 0.25) is 5.91 Å². The van der Waals surface area contributed by atoms with Crippen molar-refractivity contribution in [1.82, 2.24) is 15.6 Å². The molecule has 1 aromatic carbocycles. The Morgan fingerprint density at radius 1 is 0.863 bits per heavy atom. The van der Waals surface area contributed by atoms with E-state index in [1.807, 2.05) is 18.2 Å². The van der Waals surface area contributed by atoms with Crippen LogP contribution in [0.4, 0.5) is 0 Å². The minimum absolute atomic E-state index is 0.0262. The van der Waals surface area contributed by atoms with Crippen molar-refractivity contribution in [1.29, 1.82) is 0 Å². The number of nitrogens with zero attached hydrogens (tertiary/aromatic N) is 1. The Morgan fingerprint density at radius 3 is 2.47 bits per heavy atom. The van der Waals surface area contributed by atoms with Gasteiger partial charge in [-0.05, 0) is 146 Å². The molecule has 1 heterocycles. The Balaban J connectivity index is 0.974. The van der Waals surface area contributed by atoms with Gasteiger partial charge in [-0.2, -0.15) is 0 Å². The molecular formula is C43H59N3O5. The van der Waals surface area contributed by atoms with Gasteiger partial charge in [-0.3, -0.25) is 14.6 Å². The van der Waals surface area contributed by atoms with E-state index < -0.39 is 5.97 Å². The number of hydrogen-bond donors (Lipinski definition) is 3. The highest BCUT2D eigenvalue weighted by Crippen LogP contribution is 2.73. The van der Waals surface area contributed by atoms with Gasteiger partial charge in [-0.1, -0.05) is 46.2 Å². The van der Waals surface area contributed by atoms with Gasteiger partial charge in [0.05, 0.1) is 36.4 Å². The van der Waals surface area contributed by atoms with Crippen LogP contribution in [0.25, 0.3) is 0 Å². The van der Waals surface area contributed by atoms with Gasteiger partial charge in [0.25, 0.3) is 5.91 Å². The number of carbonyl (C=O) groups is 3. The number of ether oxygens (including phenoxy) is 1. The second-order valence-electron chi connectivity index (χ2n) is 18.0. The third-order valence-corrected chi connectivity index (χ3v) is 15.5. The van der Waals surface area contributed by atoms with Gasteiger partial charge in [-0.25, -0.2) is 4.79 Å². The first-order valence-corrected chi connectivity index (χ1v) is 19.7. The molecule has 5 aliphatic carbocycles. The molecule has 5 aliphatic rings. The number of aliphatic hydroxyl groups is 1. The Morgan fingerprint density at radius 2 is 1.67 bits per heavy atom. The zero-order chi connectivity index (χ0) is 36.2. The number of benzene rings is 1. The molecule has 0 saturated heterocycles. The first kappa shape index (κ1) is 36.1. The number of esters is 1. The highest BCUT2D eigenvalue weighted by molar-refractivity contribution is 5.95. The van der Waals surface area contributed by atoms with E-state index in [-0.39, 0.29) is 40.7 Å². The van der Waals surface area contributed by atoms with Crippen LogP contribution in [0.15, 0.2) is 42.6 Å². The van der Waals surface area contributed by atoms with Crippen LogP contribution < -0.4 is 10.6 Å². The molecule has 1 aromatic heterocycles. The van der Waals surface area contributed by atoms with Crippen LogP contribution in [0.2, 0.25) is 0 Å². The number of nitrogens with one attached hydrogen (secondary N) is 2. The summed E-state index contributed by atoms with van der Waals surface area (Å²) in [6.07, 6.45) is 14.6. The summed E-state index contributed by atoms with van der Waals surface area (Å²) in [4.78, 5) is 43.6. The van der Waals surface area contributed by atoms with Crippen molar-refractivity contribution in [3.05, 3.63) is 65.0 Å². The summed E-state index contributed by atoms with van der Waals surface area (Å²) < 4.78 is 4.85. The van der Waals surface area contributed by atoms with Gasteiger partial charge in [-0.15, -0.1) is 0 Å². The van der Waals surface area contributed by atoms with E-state index in [1.165, 1.54) is 39.2 Å². The molecule has 2 aromatic rings. The average Bonchev–Trinajstić information content (AvgIpc) is 3.58. The lowest BCUT2D eigenvalue weighted by molar-refractivity contribution is -0.214. The number of methoxy groups -OCH3 is 1. The molecule has 8 nitrogen and oxygen atoms in total. The van der Waals surface area contributed by atoms with E-state index in [0.29, 0.717) is 64.8 Å². The van der Waals surface area contributed by atoms with E-state index in [1.54, 1.807) is 24.4 Å². The highest BCUT2D eigenvalue weighted by Gasteiger charge is 2.67. The Labute approximate surface area is 304 Å². The number of aromatic nitrogens is 1. The van der Waals surface area contributed by atoms with Crippen LogP contribution in [0.1, 0.15) is 130 Å². The lowest BCUT2D eigenvalue weighted by atomic mass is 9.36. The molecule has 3 N–H and O–H groups in total. The van der Waals surface area contributed by atoms with Crippen LogP contribution >= 0.6 is 0 Å². The third-order valence-electron chi connectivity index (χ3n) is 15.5. The van der Waals surface area contributed by atoms with E-state index in [9.17, 15) is 19.5 Å². The van der Waals surface area contributed by atoms with Crippen LogP contribution in [0, 0.1) is 51.2 Å². The molecule has 5 saturated carbocycles. The summed E-state index contributed by atoms with van der Waals surface area (Å²) in [6, 6.07) is 10.8. The molecule has 2 amide bonds. The van der Waals surface area contributed by atoms with Crippen molar-refractivity contribution < 1.29 is 24.2 Å². The smallest absolute Gasteiger partial charge is 0.339 e. The van der Waals surface area contributed by atoms with E-state index >= 15 is 0 Å². The van der Waals surface area contributed by atoms with Gasteiger partial charge in [0.15, 0.2) is 0 Å². The van der Waals surface area contributed by atoms with E-state index in [0.717, 1.165) is 44.1 Å². The number of rotatable bonds is 8. The summed E-state index contributed by atoms with van der Waals surface area (Å²) in [5.74, 6) is 2.57. The number of hydrogen-bond acceptors (Lipinski definition) is 6. The fraction of sp³-hybridized carbons (Fsp3) is 0.674. The van der Waals surface area contributed by atoms with Gasteiger partial charge in [0, 0.05) is 18.3 Å². The maximum Gasteiger partial charge on any atom is 0.339 e. The van der Waals surface area contributed by atoms with E-state index in [2.05, 4.69) is 43.3 Å². The standard InChI is InChI=1S/C43H59N3O5/c1-40(2)34-16-20-41(3)31-15-22-43(19-7-12-32(43)29(31)13-14-35(41)42(34,4)21-17-36(40)47)39(50)45-24-18-27-9-6-10-28(25-27)37(48)46-26-33-30(38(49)51-5)11-8-23-44-33/h6,8-11,23,25,29,31-32,34-36,47H,7,12-22,24,26H2,1-5H3,(H,45,50)(H,46,48). The first-order chi connectivity index (χ1) is 24.3. The number of pyridine rings is 1. The number of carbonyl (C=O) groups excluding carboxylic acids is 3. The van der Waals surface area contributed by atoms with E-state index in [4.69, 9.17) is 4.74 Å². The molecule has 7 rings (SSSR count). The number of fused-ring (bicyclic) bond motifs is 7. The normalized spacial score (nSPS) is 36.4. The lowest BCUT2D eigenvalue weighted by Gasteiger charge is -2.69. The molecule has 0 radical (unpaired) electrons. The fourth-order valence-electron chi connectivity index (χ4n) is 13.1. The monoisotopic (exact) mass is 697 g/mol. The van der Waals surface area contributed by atoms with Crippen molar-refractivity contribution in [3.63, 3.8) is 0 Å². The number of aliphatic hydroxyl groups excluding tert-OH is 1. The van der Waals surface area contributed by atoms with Crippen molar-refractivity contribution in [2.75, 3.05) is 13.7 Å². The zero-order valence-corrected chi connectivity index (χ0v) is 31.4. The summed E-state index contributed by atoms with van der Waals surface area (Å²) in [6.45, 7) is 10.5. The second-order valence-corrected chi connectivity index (χ2v) is 18.0. The molecule has 8 heteroatoms. The van der Waals surface area contributed by atoms with Crippen molar-refractivity contribution in [2.24, 2.45) is 51.2 Å². The maximum absolute atomic E-state index is 14.2.